The minimum Gasteiger partial charge on any atom is -0.391 e. The molecule has 4 atom stereocenters. The van der Waals surface area contributed by atoms with E-state index in [2.05, 4.69) is 0 Å². The SMILES string of the molecule is CC(O)C(N)C(=O)N1CCCC1C(=O)N1CCCC1C(N)=O.CCCC=O. The molecule has 9 heteroatoms. The fourth-order valence-corrected chi connectivity index (χ4v) is 3.32. The van der Waals surface area contributed by atoms with Gasteiger partial charge in [0.05, 0.1) is 6.10 Å². The molecule has 0 aromatic heterocycles. The Hall–Kier alpha value is -2.00. The summed E-state index contributed by atoms with van der Waals surface area (Å²) in [5.41, 5.74) is 11.0. The molecule has 0 bridgehead atoms. The number of nitrogens with zero attached hydrogens (tertiary/aromatic N) is 2. The molecule has 0 saturated carbocycles. The van der Waals surface area contributed by atoms with Crippen LogP contribution in [0.4, 0.5) is 0 Å². The topological polar surface area (TPSA) is 147 Å². The van der Waals surface area contributed by atoms with Crippen LogP contribution in [0.1, 0.15) is 52.4 Å². The number of aliphatic hydroxyl groups is 1. The Bertz CT molecular complexity index is 540. The summed E-state index contributed by atoms with van der Waals surface area (Å²) in [6, 6.07) is -2.24. The molecule has 0 aliphatic carbocycles. The largest absolute Gasteiger partial charge is 0.391 e. The van der Waals surface area contributed by atoms with Crippen molar-refractivity contribution < 1.29 is 24.3 Å². The summed E-state index contributed by atoms with van der Waals surface area (Å²) in [5, 5.41) is 9.47. The lowest BCUT2D eigenvalue weighted by Gasteiger charge is -2.32. The van der Waals surface area contributed by atoms with Crippen LogP contribution in [0.15, 0.2) is 0 Å². The van der Waals surface area contributed by atoms with Crippen molar-refractivity contribution >= 4 is 24.0 Å². The third-order valence-electron chi connectivity index (χ3n) is 4.90. The highest BCUT2D eigenvalue weighted by Gasteiger charge is 2.42. The summed E-state index contributed by atoms with van der Waals surface area (Å²) in [4.78, 5) is 48.8. The summed E-state index contributed by atoms with van der Waals surface area (Å²) >= 11 is 0. The van der Waals surface area contributed by atoms with Crippen molar-refractivity contribution in [3.8, 4) is 0 Å². The second kappa shape index (κ2) is 11.0. The molecule has 154 valence electrons. The highest BCUT2D eigenvalue weighted by molar-refractivity contribution is 5.93. The van der Waals surface area contributed by atoms with E-state index in [9.17, 15) is 24.3 Å². The summed E-state index contributed by atoms with van der Waals surface area (Å²) in [7, 11) is 0. The van der Waals surface area contributed by atoms with Gasteiger partial charge in [-0.1, -0.05) is 6.92 Å². The number of hydrogen-bond donors (Lipinski definition) is 3. The molecule has 2 heterocycles. The van der Waals surface area contributed by atoms with Gasteiger partial charge in [-0.15, -0.1) is 0 Å². The molecule has 2 aliphatic heterocycles. The van der Waals surface area contributed by atoms with Crippen LogP contribution in [0, 0.1) is 0 Å². The van der Waals surface area contributed by atoms with E-state index in [0.717, 1.165) is 19.1 Å². The Labute approximate surface area is 160 Å². The number of aliphatic hydroxyl groups excluding tert-OH is 1. The van der Waals surface area contributed by atoms with Gasteiger partial charge in [-0.05, 0) is 39.0 Å². The van der Waals surface area contributed by atoms with E-state index in [1.54, 1.807) is 0 Å². The number of amides is 3. The Morgan fingerprint density at radius 3 is 2.15 bits per heavy atom. The van der Waals surface area contributed by atoms with Gasteiger partial charge in [0.15, 0.2) is 0 Å². The van der Waals surface area contributed by atoms with Crippen molar-refractivity contribution in [3.05, 3.63) is 0 Å². The van der Waals surface area contributed by atoms with Crippen molar-refractivity contribution in [1.82, 2.24) is 9.80 Å². The number of carbonyl (C=O) groups is 4. The minimum absolute atomic E-state index is 0.245. The zero-order chi connectivity index (χ0) is 20.6. The lowest BCUT2D eigenvalue weighted by molar-refractivity contribution is -0.147. The van der Waals surface area contributed by atoms with E-state index in [4.69, 9.17) is 11.5 Å². The molecular formula is C18H32N4O5. The lowest BCUT2D eigenvalue weighted by atomic mass is 10.1. The van der Waals surface area contributed by atoms with E-state index in [1.807, 2.05) is 6.92 Å². The van der Waals surface area contributed by atoms with E-state index in [0.29, 0.717) is 38.8 Å². The van der Waals surface area contributed by atoms with Gasteiger partial charge in [-0.3, -0.25) is 14.4 Å². The average Bonchev–Trinajstić information content (AvgIpc) is 3.30. The molecular weight excluding hydrogens is 352 g/mol. The normalized spacial score (nSPS) is 24.0. The van der Waals surface area contributed by atoms with Crippen LogP contribution in [-0.4, -0.2) is 76.2 Å². The highest BCUT2D eigenvalue weighted by Crippen LogP contribution is 2.25. The molecule has 2 fully saturated rings. The summed E-state index contributed by atoms with van der Waals surface area (Å²) < 4.78 is 0. The van der Waals surface area contributed by atoms with E-state index >= 15 is 0 Å². The Morgan fingerprint density at radius 1 is 1.15 bits per heavy atom. The number of nitrogens with two attached hydrogens (primary N) is 2. The fourth-order valence-electron chi connectivity index (χ4n) is 3.32. The number of hydrogen-bond acceptors (Lipinski definition) is 6. The molecule has 9 nitrogen and oxygen atoms in total. The maximum absolute atomic E-state index is 12.7. The van der Waals surface area contributed by atoms with Crippen LogP contribution < -0.4 is 11.5 Å². The van der Waals surface area contributed by atoms with E-state index in [-0.39, 0.29) is 5.91 Å². The molecule has 4 unspecified atom stereocenters. The first-order chi connectivity index (χ1) is 12.8. The van der Waals surface area contributed by atoms with Gasteiger partial charge in [0.25, 0.3) is 0 Å². The number of rotatable bonds is 6. The Kier molecular flexibility index (Phi) is 9.37. The Morgan fingerprint density at radius 2 is 1.70 bits per heavy atom. The van der Waals surface area contributed by atoms with Crippen LogP contribution in [0.3, 0.4) is 0 Å². The zero-order valence-electron chi connectivity index (χ0n) is 16.2. The van der Waals surface area contributed by atoms with Gasteiger partial charge in [0.1, 0.15) is 24.4 Å². The van der Waals surface area contributed by atoms with E-state index < -0.39 is 36.0 Å². The van der Waals surface area contributed by atoms with Crippen LogP contribution in [0.5, 0.6) is 0 Å². The molecule has 27 heavy (non-hydrogen) atoms. The highest BCUT2D eigenvalue weighted by atomic mass is 16.3. The smallest absolute Gasteiger partial charge is 0.246 e. The summed E-state index contributed by atoms with van der Waals surface area (Å²) in [6.07, 6.45) is 4.17. The third-order valence-corrected chi connectivity index (χ3v) is 4.90. The number of primary amides is 1. The summed E-state index contributed by atoms with van der Waals surface area (Å²) in [5.74, 6) is -1.19. The standard InChI is InChI=1S/C14H24N4O4.C4H8O/c1-8(19)11(15)14(22)18-7-3-5-10(18)13(21)17-6-2-4-9(17)12(16)20;1-2-3-4-5/h8-11,19H,2-7,15H2,1H3,(H2,16,20);4H,2-3H2,1H3. The first-order valence-electron chi connectivity index (χ1n) is 9.53. The van der Waals surface area contributed by atoms with Gasteiger partial charge in [0.2, 0.25) is 17.7 Å². The molecule has 0 spiro atoms. The van der Waals surface area contributed by atoms with Crippen molar-refractivity contribution in [2.75, 3.05) is 13.1 Å². The third kappa shape index (κ3) is 6.00. The molecule has 5 N–H and O–H groups in total. The maximum Gasteiger partial charge on any atom is 0.246 e. The minimum atomic E-state index is -1.04. The van der Waals surface area contributed by atoms with Crippen molar-refractivity contribution in [3.63, 3.8) is 0 Å². The first kappa shape index (κ1) is 23.0. The van der Waals surface area contributed by atoms with Gasteiger partial charge < -0.3 is 31.2 Å². The molecule has 0 aromatic rings. The second-order valence-electron chi connectivity index (χ2n) is 7.00. The number of unbranched alkanes of at least 4 members (excludes halogenated alkanes) is 1. The zero-order valence-corrected chi connectivity index (χ0v) is 16.2. The van der Waals surface area contributed by atoms with E-state index in [1.165, 1.54) is 16.7 Å². The molecule has 3 amide bonds. The lowest BCUT2D eigenvalue weighted by Crippen LogP contribution is -2.56. The summed E-state index contributed by atoms with van der Waals surface area (Å²) in [6.45, 7) is 4.34. The molecule has 2 rings (SSSR count). The number of carbonyl (C=O) groups excluding carboxylic acids is 4. The van der Waals surface area contributed by atoms with Crippen molar-refractivity contribution in [1.29, 1.82) is 0 Å². The molecule has 2 saturated heterocycles. The quantitative estimate of drug-likeness (QED) is 0.508. The van der Waals surface area contributed by atoms with Gasteiger partial charge in [-0.2, -0.15) is 0 Å². The van der Waals surface area contributed by atoms with Crippen molar-refractivity contribution in [2.45, 2.75) is 76.6 Å². The second-order valence-corrected chi connectivity index (χ2v) is 7.00. The average molecular weight is 384 g/mol. The Balaban J connectivity index is 0.000000646. The van der Waals surface area contributed by atoms with Gasteiger partial charge in [-0.25, -0.2) is 0 Å². The monoisotopic (exact) mass is 384 g/mol. The predicted octanol–water partition coefficient (Wildman–Crippen LogP) is -0.853. The van der Waals surface area contributed by atoms with Gasteiger partial charge >= 0.3 is 0 Å². The van der Waals surface area contributed by atoms with Crippen molar-refractivity contribution in [2.24, 2.45) is 11.5 Å². The fraction of sp³-hybridized carbons (Fsp3) is 0.778. The maximum atomic E-state index is 12.7. The number of likely N-dealkylation sites (tertiary alicyclic amines) is 2. The molecule has 2 aliphatic rings. The predicted molar refractivity (Wildman–Crippen MR) is 99.3 cm³/mol. The number of aldehydes is 1. The van der Waals surface area contributed by atoms with Gasteiger partial charge in [0, 0.05) is 19.5 Å². The molecule has 0 aromatic carbocycles. The van der Waals surface area contributed by atoms with Crippen LogP contribution in [-0.2, 0) is 19.2 Å². The van der Waals surface area contributed by atoms with Crippen LogP contribution in [0.25, 0.3) is 0 Å². The van der Waals surface area contributed by atoms with Crippen LogP contribution in [0.2, 0.25) is 0 Å². The first-order valence-corrected chi connectivity index (χ1v) is 9.53. The molecule has 0 radical (unpaired) electrons. The van der Waals surface area contributed by atoms with Crippen LogP contribution >= 0.6 is 0 Å².